The number of fused-ring (bicyclic) bond motifs is 3. The van der Waals surface area contributed by atoms with Gasteiger partial charge in [0, 0.05) is 24.7 Å². The van der Waals surface area contributed by atoms with Crippen LogP contribution in [0.15, 0.2) is 16.5 Å². The van der Waals surface area contributed by atoms with Crippen LogP contribution < -0.4 is 5.32 Å². The van der Waals surface area contributed by atoms with Gasteiger partial charge in [-0.3, -0.25) is 9.59 Å². The molecule has 1 aliphatic heterocycles. The number of furan rings is 1. The molecule has 0 saturated heterocycles. The predicted molar refractivity (Wildman–Crippen MR) is 135 cm³/mol. The number of hydrogen-bond donors (Lipinski definition) is 1. The summed E-state index contributed by atoms with van der Waals surface area (Å²) < 4.78 is 7.80. The molecule has 0 radical (unpaired) electrons. The number of aryl methyl sites for hydroxylation is 1. The summed E-state index contributed by atoms with van der Waals surface area (Å²) in [7, 11) is 0. The Morgan fingerprint density at radius 1 is 1.18 bits per heavy atom. The Hall–Kier alpha value is -1.89. The molecule has 2 aliphatic rings. The van der Waals surface area contributed by atoms with Gasteiger partial charge in [-0.05, 0) is 51.0 Å². The number of thioether (sulfide) groups is 1. The Morgan fingerprint density at radius 3 is 2.64 bits per heavy atom. The molecule has 0 bridgehead atoms. The Bertz CT molecular complexity index is 973. The average molecular weight is 474 g/mol. The first-order chi connectivity index (χ1) is 15.9. The van der Waals surface area contributed by atoms with Crippen LogP contribution in [0.4, 0.5) is 0 Å². The molecule has 182 valence electrons. The standard InChI is InChI=1S/C26H39N3O3S/c1-4-14-33-15-10-13-29-24(30)22-17-23-21(16-19(2)32-23)28(22)18-26(29,3)25(31)27-20-11-8-6-5-7-9-12-20/h16-17,20H,4-15,18H2,1-3H3,(H,27,31)/t26-/m1/s1. The van der Waals surface area contributed by atoms with E-state index in [1.165, 1.54) is 19.3 Å². The van der Waals surface area contributed by atoms with E-state index in [0.29, 0.717) is 18.8 Å². The molecule has 2 amide bonds. The fraction of sp³-hybridized carbons (Fsp3) is 0.692. The van der Waals surface area contributed by atoms with E-state index in [-0.39, 0.29) is 17.9 Å². The third-order valence-corrected chi connectivity index (χ3v) is 8.46. The molecule has 1 atom stereocenters. The van der Waals surface area contributed by atoms with Crippen LogP contribution in [0.2, 0.25) is 0 Å². The second-order valence-electron chi connectivity index (χ2n) is 9.93. The van der Waals surface area contributed by atoms with E-state index in [9.17, 15) is 9.59 Å². The van der Waals surface area contributed by atoms with Gasteiger partial charge in [-0.15, -0.1) is 0 Å². The number of carbonyl (C=O) groups is 2. The highest BCUT2D eigenvalue weighted by atomic mass is 32.2. The molecule has 1 aliphatic carbocycles. The summed E-state index contributed by atoms with van der Waals surface area (Å²) in [5.41, 5.74) is 1.33. The molecule has 33 heavy (non-hydrogen) atoms. The molecule has 2 aromatic heterocycles. The second kappa shape index (κ2) is 10.6. The van der Waals surface area contributed by atoms with Crippen LogP contribution >= 0.6 is 11.8 Å². The molecule has 1 N–H and O–H groups in total. The molecule has 4 rings (SSSR count). The van der Waals surface area contributed by atoms with Crippen LogP contribution in [0.1, 0.15) is 87.9 Å². The molecule has 7 heteroatoms. The van der Waals surface area contributed by atoms with Crippen molar-refractivity contribution in [2.24, 2.45) is 0 Å². The van der Waals surface area contributed by atoms with Gasteiger partial charge in [0.1, 0.15) is 17.0 Å². The molecule has 6 nitrogen and oxygen atoms in total. The maximum absolute atomic E-state index is 13.8. The smallest absolute Gasteiger partial charge is 0.271 e. The van der Waals surface area contributed by atoms with E-state index >= 15 is 0 Å². The quantitative estimate of drug-likeness (QED) is 0.513. The number of hydrogen-bond acceptors (Lipinski definition) is 4. The lowest BCUT2D eigenvalue weighted by molar-refractivity contribution is -0.133. The minimum absolute atomic E-state index is 0.0182. The van der Waals surface area contributed by atoms with Crippen molar-refractivity contribution in [3.63, 3.8) is 0 Å². The molecule has 3 heterocycles. The molecule has 2 aromatic rings. The number of carbonyl (C=O) groups excluding carboxylic acids is 2. The summed E-state index contributed by atoms with van der Waals surface area (Å²) in [6, 6.07) is 4.01. The Kier molecular flexibility index (Phi) is 7.77. The highest BCUT2D eigenvalue weighted by Gasteiger charge is 2.48. The second-order valence-corrected chi connectivity index (χ2v) is 11.2. The van der Waals surface area contributed by atoms with Crippen molar-refractivity contribution in [3.05, 3.63) is 23.6 Å². The van der Waals surface area contributed by atoms with Gasteiger partial charge < -0.3 is 19.2 Å². The maximum atomic E-state index is 13.8. The zero-order valence-corrected chi connectivity index (χ0v) is 21.3. The van der Waals surface area contributed by atoms with Gasteiger partial charge >= 0.3 is 0 Å². The summed E-state index contributed by atoms with van der Waals surface area (Å²) in [5, 5.41) is 3.36. The lowest BCUT2D eigenvalue weighted by atomic mass is 9.92. The van der Waals surface area contributed by atoms with Crippen LogP contribution in [-0.2, 0) is 11.3 Å². The summed E-state index contributed by atoms with van der Waals surface area (Å²) in [6.45, 7) is 7.10. The fourth-order valence-electron chi connectivity index (χ4n) is 5.32. The van der Waals surface area contributed by atoms with Crippen LogP contribution in [0.25, 0.3) is 11.1 Å². The van der Waals surface area contributed by atoms with Crippen LogP contribution in [0.3, 0.4) is 0 Å². The summed E-state index contributed by atoms with van der Waals surface area (Å²) in [6.07, 6.45) is 10.2. The zero-order valence-electron chi connectivity index (χ0n) is 20.5. The van der Waals surface area contributed by atoms with Crippen molar-refractivity contribution in [2.45, 2.75) is 96.7 Å². The van der Waals surface area contributed by atoms with Gasteiger partial charge in [-0.2, -0.15) is 11.8 Å². The highest BCUT2D eigenvalue weighted by molar-refractivity contribution is 7.99. The van der Waals surface area contributed by atoms with E-state index in [1.54, 1.807) is 0 Å². The van der Waals surface area contributed by atoms with Crippen LogP contribution in [0, 0.1) is 6.92 Å². The van der Waals surface area contributed by atoms with Crippen molar-refractivity contribution in [1.82, 2.24) is 14.8 Å². The van der Waals surface area contributed by atoms with E-state index < -0.39 is 5.54 Å². The monoisotopic (exact) mass is 473 g/mol. The van der Waals surface area contributed by atoms with E-state index in [2.05, 4.69) is 12.2 Å². The minimum atomic E-state index is -0.918. The van der Waals surface area contributed by atoms with Crippen LogP contribution in [-0.4, -0.2) is 50.9 Å². The number of aromatic nitrogens is 1. The predicted octanol–water partition coefficient (Wildman–Crippen LogP) is 5.52. The van der Waals surface area contributed by atoms with Gasteiger partial charge in [0.25, 0.3) is 5.91 Å². The minimum Gasteiger partial charge on any atom is -0.460 e. The van der Waals surface area contributed by atoms with Crippen LogP contribution in [0.5, 0.6) is 0 Å². The molecular weight excluding hydrogens is 434 g/mol. The molecule has 0 aromatic carbocycles. The summed E-state index contributed by atoms with van der Waals surface area (Å²) in [4.78, 5) is 29.3. The van der Waals surface area contributed by atoms with Crippen molar-refractivity contribution in [2.75, 3.05) is 18.1 Å². The maximum Gasteiger partial charge on any atom is 0.271 e. The van der Waals surface area contributed by atoms with Gasteiger partial charge in [0.05, 0.1) is 12.1 Å². The third kappa shape index (κ3) is 5.13. The first kappa shape index (κ1) is 24.2. The normalized spacial score (nSPS) is 22.3. The Labute approximate surface area is 201 Å². The summed E-state index contributed by atoms with van der Waals surface area (Å²) >= 11 is 1.92. The van der Waals surface area contributed by atoms with E-state index in [0.717, 1.165) is 66.9 Å². The number of nitrogens with zero attached hydrogens (tertiary/aromatic N) is 2. The SMILES string of the molecule is CCCSCCCN1C(=O)c2cc3oc(C)cc3n2C[C@]1(C)C(=O)NC1CCCCCCC1. The lowest BCUT2D eigenvalue weighted by Gasteiger charge is -2.44. The van der Waals surface area contributed by atoms with Gasteiger partial charge in [-0.25, -0.2) is 0 Å². The molecular formula is C26H39N3O3S. The summed E-state index contributed by atoms with van der Waals surface area (Å²) in [5.74, 6) is 2.86. The van der Waals surface area contributed by atoms with Crippen molar-refractivity contribution in [3.8, 4) is 0 Å². The fourth-order valence-corrected chi connectivity index (χ4v) is 6.15. The third-order valence-electron chi connectivity index (χ3n) is 7.19. The molecule has 0 spiro atoms. The Morgan fingerprint density at radius 2 is 1.91 bits per heavy atom. The van der Waals surface area contributed by atoms with Crippen molar-refractivity contribution >= 4 is 34.7 Å². The van der Waals surface area contributed by atoms with Gasteiger partial charge in [0.2, 0.25) is 5.91 Å². The van der Waals surface area contributed by atoms with Crippen molar-refractivity contribution in [1.29, 1.82) is 0 Å². The topological polar surface area (TPSA) is 67.5 Å². The zero-order chi connectivity index (χ0) is 23.4. The number of amides is 2. The first-order valence-electron chi connectivity index (χ1n) is 12.7. The average Bonchev–Trinajstić information content (AvgIpc) is 3.28. The van der Waals surface area contributed by atoms with Gasteiger partial charge in [-0.1, -0.05) is 39.0 Å². The van der Waals surface area contributed by atoms with E-state index in [1.807, 2.05) is 47.2 Å². The molecule has 0 unspecified atom stereocenters. The van der Waals surface area contributed by atoms with Gasteiger partial charge in [0.15, 0.2) is 5.58 Å². The number of nitrogens with one attached hydrogen (secondary N) is 1. The lowest BCUT2D eigenvalue weighted by Crippen LogP contribution is -2.65. The molecule has 1 fully saturated rings. The van der Waals surface area contributed by atoms with E-state index in [4.69, 9.17) is 4.42 Å². The Balaban J connectivity index is 1.59. The first-order valence-corrected chi connectivity index (χ1v) is 13.9. The largest absolute Gasteiger partial charge is 0.460 e. The number of rotatable bonds is 8. The highest BCUT2D eigenvalue weighted by Crippen LogP contribution is 2.34. The molecule has 1 saturated carbocycles. The van der Waals surface area contributed by atoms with Crippen molar-refractivity contribution < 1.29 is 14.0 Å².